The minimum Gasteiger partial charge on any atom is -0.373 e. The third kappa shape index (κ3) is 2.26. The number of allylic oxidation sites excluding steroid dienone is 2. The molecule has 0 saturated carbocycles. The molecule has 1 aliphatic carbocycles. The van der Waals surface area contributed by atoms with Crippen LogP contribution in [0.4, 0.5) is 0 Å². The molecule has 4 nitrogen and oxygen atoms in total. The van der Waals surface area contributed by atoms with Crippen molar-refractivity contribution < 1.29 is 4.79 Å². The largest absolute Gasteiger partial charge is 0.373 e. The van der Waals surface area contributed by atoms with Gasteiger partial charge in [0.1, 0.15) is 0 Å². The normalized spacial score (nSPS) is 15.6. The zero-order valence-electron chi connectivity index (χ0n) is 9.10. The lowest BCUT2D eigenvalue weighted by Gasteiger charge is -2.18. The molecule has 0 fully saturated rings. The SMILES string of the molecule is CN(Cc1cnn(C)c1)C1=CC(=O)CC1. The number of aromatic nitrogens is 2. The van der Waals surface area contributed by atoms with Crippen LogP contribution in [0.5, 0.6) is 0 Å². The van der Waals surface area contributed by atoms with Crippen LogP contribution in [0, 0.1) is 0 Å². The third-order valence-electron chi connectivity index (χ3n) is 2.62. The molecular weight excluding hydrogens is 190 g/mol. The molecule has 80 valence electrons. The van der Waals surface area contributed by atoms with Gasteiger partial charge in [0.25, 0.3) is 0 Å². The lowest BCUT2D eigenvalue weighted by Crippen LogP contribution is -2.15. The van der Waals surface area contributed by atoms with Gasteiger partial charge in [0.2, 0.25) is 0 Å². The number of ketones is 1. The molecule has 1 aromatic heterocycles. The van der Waals surface area contributed by atoms with Crippen LogP contribution in [0.3, 0.4) is 0 Å². The molecular formula is C11H15N3O. The number of carbonyl (C=O) groups is 1. The number of nitrogens with zero attached hydrogens (tertiary/aromatic N) is 3. The monoisotopic (exact) mass is 205 g/mol. The quantitative estimate of drug-likeness (QED) is 0.741. The van der Waals surface area contributed by atoms with Crippen LogP contribution in [-0.2, 0) is 18.4 Å². The van der Waals surface area contributed by atoms with Gasteiger partial charge in [-0.25, -0.2) is 0 Å². The second-order valence-corrected chi connectivity index (χ2v) is 3.98. The number of hydrogen-bond donors (Lipinski definition) is 0. The first-order valence-corrected chi connectivity index (χ1v) is 5.07. The molecule has 0 aromatic carbocycles. The van der Waals surface area contributed by atoms with E-state index >= 15 is 0 Å². The Hall–Kier alpha value is -1.58. The number of hydrogen-bond acceptors (Lipinski definition) is 3. The van der Waals surface area contributed by atoms with Gasteiger partial charge in [0.05, 0.1) is 6.20 Å². The third-order valence-corrected chi connectivity index (χ3v) is 2.62. The fourth-order valence-corrected chi connectivity index (χ4v) is 1.81. The maximum Gasteiger partial charge on any atom is 0.157 e. The fourth-order valence-electron chi connectivity index (χ4n) is 1.81. The van der Waals surface area contributed by atoms with Crippen molar-refractivity contribution in [3.63, 3.8) is 0 Å². The Bertz CT molecular complexity index is 406. The number of rotatable bonds is 3. The molecule has 0 aliphatic heterocycles. The van der Waals surface area contributed by atoms with Crippen LogP contribution in [0.2, 0.25) is 0 Å². The average molecular weight is 205 g/mol. The van der Waals surface area contributed by atoms with Gasteiger partial charge in [0, 0.05) is 50.6 Å². The van der Waals surface area contributed by atoms with Crippen molar-refractivity contribution in [2.24, 2.45) is 7.05 Å². The molecule has 0 spiro atoms. The molecule has 0 amide bonds. The Labute approximate surface area is 89.2 Å². The highest BCUT2D eigenvalue weighted by Gasteiger charge is 2.15. The molecule has 1 heterocycles. The summed E-state index contributed by atoms with van der Waals surface area (Å²) in [7, 11) is 3.92. The van der Waals surface area contributed by atoms with E-state index in [1.807, 2.05) is 26.5 Å². The molecule has 0 unspecified atom stereocenters. The number of carbonyl (C=O) groups excluding carboxylic acids is 1. The highest BCUT2D eigenvalue weighted by molar-refractivity contribution is 5.92. The van der Waals surface area contributed by atoms with Crippen LogP contribution in [0.15, 0.2) is 24.2 Å². The predicted molar refractivity (Wildman–Crippen MR) is 57.0 cm³/mol. The van der Waals surface area contributed by atoms with E-state index in [-0.39, 0.29) is 5.78 Å². The van der Waals surface area contributed by atoms with Gasteiger partial charge >= 0.3 is 0 Å². The van der Waals surface area contributed by atoms with E-state index in [0.717, 1.165) is 18.7 Å². The molecule has 0 N–H and O–H groups in total. The van der Waals surface area contributed by atoms with E-state index in [0.29, 0.717) is 6.42 Å². The van der Waals surface area contributed by atoms with Gasteiger partial charge in [-0.15, -0.1) is 0 Å². The van der Waals surface area contributed by atoms with Crippen LogP contribution in [0.1, 0.15) is 18.4 Å². The molecule has 0 radical (unpaired) electrons. The van der Waals surface area contributed by atoms with Gasteiger partial charge < -0.3 is 4.90 Å². The van der Waals surface area contributed by atoms with E-state index in [1.165, 1.54) is 5.56 Å². The first kappa shape index (κ1) is 9.96. The smallest absolute Gasteiger partial charge is 0.157 e. The zero-order chi connectivity index (χ0) is 10.8. The fraction of sp³-hybridized carbons (Fsp3) is 0.455. The molecule has 4 heteroatoms. The van der Waals surface area contributed by atoms with Gasteiger partial charge in [0.15, 0.2) is 5.78 Å². The van der Waals surface area contributed by atoms with Crippen molar-refractivity contribution in [2.45, 2.75) is 19.4 Å². The molecule has 1 aliphatic rings. The van der Waals surface area contributed by atoms with E-state index in [2.05, 4.69) is 10.00 Å². The second kappa shape index (κ2) is 3.88. The van der Waals surface area contributed by atoms with Gasteiger partial charge in [-0.2, -0.15) is 5.10 Å². The highest BCUT2D eigenvalue weighted by atomic mass is 16.1. The molecule has 0 bridgehead atoms. The molecule has 2 rings (SSSR count). The van der Waals surface area contributed by atoms with Crippen LogP contribution in [0.25, 0.3) is 0 Å². The average Bonchev–Trinajstić information content (AvgIpc) is 2.75. The Morgan fingerprint density at radius 2 is 2.33 bits per heavy atom. The molecule has 15 heavy (non-hydrogen) atoms. The Kier molecular flexibility index (Phi) is 2.58. The minimum absolute atomic E-state index is 0.239. The Morgan fingerprint density at radius 1 is 1.53 bits per heavy atom. The summed E-state index contributed by atoms with van der Waals surface area (Å²) in [6.07, 6.45) is 7.13. The summed E-state index contributed by atoms with van der Waals surface area (Å²) in [5.74, 6) is 0.239. The minimum atomic E-state index is 0.239. The first-order chi connectivity index (χ1) is 7.15. The number of aryl methyl sites for hydroxylation is 1. The van der Waals surface area contributed by atoms with Crippen molar-refractivity contribution in [3.8, 4) is 0 Å². The lowest BCUT2D eigenvalue weighted by molar-refractivity contribution is -0.114. The van der Waals surface area contributed by atoms with Crippen molar-refractivity contribution in [1.82, 2.24) is 14.7 Å². The summed E-state index contributed by atoms with van der Waals surface area (Å²) in [6.45, 7) is 0.812. The van der Waals surface area contributed by atoms with Crippen LogP contribution >= 0.6 is 0 Å². The summed E-state index contributed by atoms with van der Waals surface area (Å²) in [5, 5.41) is 4.11. The van der Waals surface area contributed by atoms with E-state index in [1.54, 1.807) is 10.8 Å². The summed E-state index contributed by atoms with van der Waals surface area (Å²) >= 11 is 0. The van der Waals surface area contributed by atoms with Crippen LogP contribution in [-0.4, -0.2) is 27.5 Å². The summed E-state index contributed by atoms with van der Waals surface area (Å²) in [4.78, 5) is 13.2. The maximum absolute atomic E-state index is 11.1. The van der Waals surface area contributed by atoms with Gasteiger partial charge in [-0.1, -0.05) is 0 Å². The van der Waals surface area contributed by atoms with Crippen molar-refractivity contribution in [1.29, 1.82) is 0 Å². The highest BCUT2D eigenvalue weighted by Crippen LogP contribution is 2.19. The van der Waals surface area contributed by atoms with E-state index in [9.17, 15) is 4.79 Å². The lowest BCUT2D eigenvalue weighted by atomic mass is 10.3. The second-order valence-electron chi connectivity index (χ2n) is 3.98. The summed E-state index contributed by atoms with van der Waals surface area (Å²) in [5.41, 5.74) is 2.30. The standard InChI is InChI=1S/C11H15N3O/c1-13(10-3-4-11(15)5-10)7-9-6-12-14(2)8-9/h5-6,8H,3-4,7H2,1-2H3. The van der Waals surface area contributed by atoms with E-state index < -0.39 is 0 Å². The summed E-state index contributed by atoms with van der Waals surface area (Å²) in [6, 6.07) is 0. The maximum atomic E-state index is 11.1. The van der Waals surface area contributed by atoms with Crippen molar-refractivity contribution in [3.05, 3.63) is 29.7 Å². The molecule has 0 atom stereocenters. The predicted octanol–water partition coefficient (Wildman–Crippen LogP) is 1.10. The Morgan fingerprint density at radius 3 is 2.87 bits per heavy atom. The van der Waals surface area contributed by atoms with Crippen LogP contribution < -0.4 is 0 Å². The zero-order valence-corrected chi connectivity index (χ0v) is 9.10. The summed E-state index contributed by atoms with van der Waals surface area (Å²) < 4.78 is 1.79. The van der Waals surface area contributed by atoms with Gasteiger partial charge in [-0.05, 0) is 6.42 Å². The topological polar surface area (TPSA) is 38.1 Å². The van der Waals surface area contributed by atoms with Gasteiger partial charge in [-0.3, -0.25) is 9.48 Å². The molecule has 1 aromatic rings. The first-order valence-electron chi connectivity index (χ1n) is 5.07. The van der Waals surface area contributed by atoms with Crippen molar-refractivity contribution in [2.75, 3.05) is 7.05 Å². The van der Waals surface area contributed by atoms with E-state index in [4.69, 9.17) is 0 Å². The molecule has 0 saturated heterocycles. The Balaban J connectivity index is 2.01. The van der Waals surface area contributed by atoms with Crippen molar-refractivity contribution >= 4 is 5.78 Å².